The molecular formula is C10H14N2O. The lowest BCUT2D eigenvalue weighted by atomic mass is 10.0. The quantitative estimate of drug-likeness (QED) is 0.663. The monoisotopic (exact) mass is 178 g/mol. The zero-order valence-corrected chi connectivity index (χ0v) is 8.03. The molecule has 0 aromatic carbocycles. The van der Waals surface area contributed by atoms with Crippen LogP contribution in [-0.4, -0.2) is 15.8 Å². The first kappa shape index (κ1) is 9.84. The summed E-state index contributed by atoms with van der Waals surface area (Å²) in [5.74, 6) is 0.415. The fourth-order valence-corrected chi connectivity index (χ4v) is 1.21. The number of carbonyl (C=O) groups excluding carboxylic acids is 1. The SMILES string of the molecule is CCCC(C)C(=O)c1ncccn1. The van der Waals surface area contributed by atoms with Crippen LogP contribution < -0.4 is 0 Å². The standard InChI is InChI=1S/C10H14N2O/c1-3-5-8(2)9(13)10-11-6-4-7-12-10/h4,6-8H,3,5H2,1-2H3. The molecule has 1 aromatic heterocycles. The van der Waals surface area contributed by atoms with Crippen LogP contribution >= 0.6 is 0 Å². The first-order valence-corrected chi connectivity index (χ1v) is 4.57. The molecule has 0 saturated heterocycles. The van der Waals surface area contributed by atoms with Gasteiger partial charge in [0, 0.05) is 18.3 Å². The van der Waals surface area contributed by atoms with Crippen LogP contribution in [0.2, 0.25) is 0 Å². The second kappa shape index (κ2) is 4.70. The fourth-order valence-electron chi connectivity index (χ4n) is 1.21. The van der Waals surface area contributed by atoms with E-state index in [1.165, 1.54) is 0 Å². The van der Waals surface area contributed by atoms with Crippen molar-refractivity contribution in [1.29, 1.82) is 0 Å². The molecule has 1 rings (SSSR count). The van der Waals surface area contributed by atoms with Gasteiger partial charge in [-0.2, -0.15) is 0 Å². The molecule has 0 amide bonds. The Labute approximate surface area is 78.2 Å². The molecule has 0 saturated carbocycles. The number of nitrogens with zero attached hydrogens (tertiary/aromatic N) is 2. The lowest BCUT2D eigenvalue weighted by molar-refractivity contribution is 0.0913. The minimum Gasteiger partial charge on any atom is -0.290 e. The van der Waals surface area contributed by atoms with Crippen LogP contribution in [0, 0.1) is 5.92 Å². The topological polar surface area (TPSA) is 42.9 Å². The molecule has 0 N–H and O–H groups in total. The summed E-state index contributed by atoms with van der Waals surface area (Å²) in [5.41, 5.74) is 0. The normalized spacial score (nSPS) is 12.5. The molecule has 3 heteroatoms. The maximum Gasteiger partial charge on any atom is 0.202 e. The van der Waals surface area contributed by atoms with Crippen LogP contribution in [0.4, 0.5) is 0 Å². The Morgan fingerprint density at radius 3 is 2.62 bits per heavy atom. The van der Waals surface area contributed by atoms with Crippen LogP contribution in [0.1, 0.15) is 37.3 Å². The van der Waals surface area contributed by atoms with Crippen molar-refractivity contribution in [3.8, 4) is 0 Å². The molecule has 13 heavy (non-hydrogen) atoms. The number of carbonyl (C=O) groups is 1. The highest BCUT2D eigenvalue weighted by molar-refractivity contribution is 5.93. The molecule has 0 bridgehead atoms. The maximum absolute atomic E-state index is 11.6. The Balaban J connectivity index is 2.68. The molecule has 0 radical (unpaired) electrons. The van der Waals surface area contributed by atoms with Crippen molar-refractivity contribution in [3.05, 3.63) is 24.3 Å². The van der Waals surface area contributed by atoms with Crippen molar-refractivity contribution in [2.75, 3.05) is 0 Å². The van der Waals surface area contributed by atoms with Crippen LogP contribution in [0.15, 0.2) is 18.5 Å². The Morgan fingerprint density at radius 1 is 1.46 bits per heavy atom. The Morgan fingerprint density at radius 2 is 2.08 bits per heavy atom. The van der Waals surface area contributed by atoms with Crippen LogP contribution in [0.5, 0.6) is 0 Å². The summed E-state index contributed by atoms with van der Waals surface area (Å²) in [6, 6.07) is 1.71. The molecule has 0 aliphatic heterocycles. The van der Waals surface area contributed by atoms with Gasteiger partial charge in [0.1, 0.15) is 0 Å². The predicted octanol–water partition coefficient (Wildman–Crippen LogP) is 2.10. The van der Waals surface area contributed by atoms with E-state index in [9.17, 15) is 4.79 Å². The van der Waals surface area contributed by atoms with Gasteiger partial charge in [-0.3, -0.25) is 4.79 Å². The van der Waals surface area contributed by atoms with Crippen molar-refractivity contribution >= 4 is 5.78 Å². The van der Waals surface area contributed by atoms with E-state index in [1.807, 2.05) is 6.92 Å². The Kier molecular flexibility index (Phi) is 3.55. The van der Waals surface area contributed by atoms with Crippen molar-refractivity contribution in [2.45, 2.75) is 26.7 Å². The summed E-state index contributed by atoms with van der Waals surface area (Å²) in [6.07, 6.45) is 5.11. The van der Waals surface area contributed by atoms with Gasteiger partial charge in [0.15, 0.2) is 5.82 Å². The van der Waals surface area contributed by atoms with Gasteiger partial charge in [0.25, 0.3) is 0 Å². The molecule has 1 atom stereocenters. The largest absolute Gasteiger partial charge is 0.290 e. The number of hydrogen-bond donors (Lipinski definition) is 0. The fraction of sp³-hybridized carbons (Fsp3) is 0.500. The molecule has 1 heterocycles. The number of ketones is 1. The second-order valence-corrected chi connectivity index (χ2v) is 3.13. The highest BCUT2D eigenvalue weighted by atomic mass is 16.1. The highest BCUT2D eigenvalue weighted by Crippen LogP contribution is 2.09. The second-order valence-electron chi connectivity index (χ2n) is 3.13. The summed E-state index contributed by atoms with van der Waals surface area (Å²) >= 11 is 0. The number of aromatic nitrogens is 2. The molecule has 0 spiro atoms. The van der Waals surface area contributed by atoms with Gasteiger partial charge in [-0.15, -0.1) is 0 Å². The van der Waals surface area contributed by atoms with E-state index in [0.29, 0.717) is 5.82 Å². The van der Waals surface area contributed by atoms with Gasteiger partial charge in [-0.1, -0.05) is 20.3 Å². The van der Waals surface area contributed by atoms with Gasteiger partial charge in [0.05, 0.1) is 0 Å². The van der Waals surface area contributed by atoms with Crippen LogP contribution in [-0.2, 0) is 0 Å². The summed E-state index contributed by atoms with van der Waals surface area (Å²) in [7, 11) is 0. The Hall–Kier alpha value is -1.25. The average Bonchev–Trinajstić information content (AvgIpc) is 2.18. The number of rotatable bonds is 4. The first-order valence-electron chi connectivity index (χ1n) is 4.57. The molecule has 0 aliphatic rings. The third-order valence-electron chi connectivity index (χ3n) is 1.96. The summed E-state index contributed by atoms with van der Waals surface area (Å²) in [4.78, 5) is 19.5. The molecule has 3 nitrogen and oxygen atoms in total. The van der Waals surface area contributed by atoms with E-state index in [0.717, 1.165) is 12.8 Å². The first-order chi connectivity index (χ1) is 6.25. The van der Waals surface area contributed by atoms with Gasteiger partial charge in [0.2, 0.25) is 5.78 Å². The highest BCUT2D eigenvalue weighted by Gasteiger charge is 2.15. The predicted molar refractivity (Wildman–Crippen MR) is 50.4 cm³/mol. The third kappa shape index (κ3) is 2.61. The maximum atomic E-state index is 11.6. The van der Waals surface area contributed by atoms with Gasteiger partial charge >= 0.3 is 0 Å². The molecular weight excluding hydrogens is 164 g/mol. The van der Waals surface area contributed by atoms with Gasteiger partial charge < -0.3 is 0 Å². The van der Waals surface area contributed by atoms with E-state index >= 15 is 0 Å². The zero-order chi connectivity index (χ0) is 9.68. The molecule has 1 unspecified atom stereocenters. The van der Waals surface area contributed by atoms with Crippen molar-refractivity contribution in [1.82, 2.24) is 9.97 Å². The van der Waals surface area contributed by atoms with E-state index in [2.05, 4.69) is 16.9 Å². The Bertz CT molecular complexity index is 272. The summed E-state index contributed by atoms with van der Waals surface area (Å²) in [6.45, 7) is 3.98. The molecule has 0 fully saturated rings. The summed E-state index contributed by atoms with van der Waals surface area (Å²) in [5, 5.41) is 0. The average molecular weight is 178 g/mol. The van der Waals surface area contributed by atoms with Gasteiger partial charge in [-0.25, -0.2) is 9.97 Å². The minimum atomic E-state index is 0.0346. The van der Waals surface area contributed by atoms with Crippen LogP contribution in [0.25, 0.3) is 0 Å². The van der Waals surface area contributed by atoms with E-state index in [-0.39, 0.29) is 11.7 Å². The summed E-state index contributed by atoms with van der Waals surface area (Å²) < 4.78 is 0. The van der Waals surface area contributed by atoms with Crippen molar-refractivity contribution < 1.29 is 4.79 Å². The minimum absolute atomic E-state index is 0.0346. The molecule has 70 valence electrons. The van der Waals surface area contributed by atoms with Crippen molar-refractivity contribution in [2.24, 2.45) is 5.92 Å². The van der Waals surface area contributed by atoms with Crippen LogP contribution in [0.3, 0.4) is 0 Å². The smallest absolute Gasteiger partial charge is 0.202 e. The van der Waals surface area contributed by atoms with Gasteiger partial charge in [-0.05, 0) is 12.5 Å². The van der Waals surface area contributed by atoms with E-state index in [4.69, 9.17) is 0 Å². The lowest BCUT2D eigenvalue weighted by Crippen LogP contribution is -2.14. The third-order valence-corrected chi connectivity index (χ3v) is 1.96. The zero-order valence-electron chi connectivity index (χ0n) is 8.03. The molecule has 1 aromatic rings. The van der Waals surface area contributed by atoms with E-state index in [1.54, 1.807) is 18.5 Å². The number of Topliss-reactive ketones (excluding diaryl/α,β-unsaturated/α-hetero) is 1. The van der Waals surface area contributed by atoms with E-state index < -0.39 is 0 Å². The number of hydrogen-bond acceptors (Lipinski definition) is 3. The van der Waals surface area contributed by atoms with Crippen molar-refractivity contribution in [3.63, 3.8) is 0 Å². The molecule has 0 aliphatic carbocycles. The lowest BCUT2D eigenvalue weighted by Gasteiger charge is -2.06.